The van der Waals surface area contributed by atoms with Crippen molar-refractivity contribution in [3.05, 3.63) is 29.8 Å². The van der Waals surface area contributed by atoms with Crippen LogP contribution in [0.15, 0.2) is 29.4 Å². The molecule has 0 spiro atoms. The normalized spacial score (nSPS) is 18.1. The number of hydrogen-bond acceptors (Lipinski definition) is 6. The fourth-order valence-electron chi connectivity index (χ4n) is 2.05. The molecule has 0 unspecified atom stereocenters. The molecule has 1 amide bonds. The third-order valence-corrected chi connectivity index (χ3v) is 3.59. The van der Waals surface area contributed by atoms with E-state index in [-0.39, 0.29) is 11.3 Å². The lowest BCUT2D eigenvalue weighted by Gasteiger charge is -2.13. The number of nitrogens with one attached hydrogen (secondary N) is 1. The van der Waals surface area contributed by atoms with Crippen molar-refractivity contribution in [2.24, 2.45) is 5.16 Å². The molecule has 118 valence electrons. The van der Waals surface area contributed by atoms with Crippen LogP contribution in [-0.4, -0.2) is 48.5 Å². The van der Waals surface area contributed by atoms with Crippen molar-refractivity contribution in [2.75, 3.05) is 25.1 Å². The number of oxime groups is 1. The third kappa shape index (κ3) is 3.64. The van der Waals surface area contributed by atoms with Crippen molar-refractivity contribution >= 4 is 34.9 Å². The van der Waals surface area contributed by atoms with Gasteiger partial charge in [-0.3, -0.25) is 4.90 Å². The van der Waals surface area contributed by atoms with E-state index in [4.69, 9.17) is 26.9 Å². The first-order valence-corrected chi connectivity index (χ1v) is 7.05. The Hall–Kier alpha value is -2.35. The molecule has 0 aliphatic carbocycles. The molecule has 0 radical (unpaired) electrons. The van der Waals surface area contributed by atoms with E-state index in [0.717, 1.165) is 11.3 Å². The summed E-state index contributed by atoms with van der Waals surface area (Å²) in [5.74, 6) is 0. The largest absolute Gasteiger partial charge is 0.474 e. The van der Waals surface area contributed by atoms with Crippen LogP contribution >= 0.6 is 12.2 Å². The second-order valence-electron chi connectivity index (χ2n) is 4.72. The fraction of sp³-hybridized carbons (Fsp3) is 0.357. The molecule has 2 N–H and O–H groups in total. The average Bonchev–Trinajstić information content (AvgIpc) is 2.92. The van der Waals surface area contributed by atoms with Crippen molar-refractivity contribution in [3.63, 3.8) is 0 Å². The van der Waals surface area contributed by atoms with Gasteiger partial charge in [-0.2, -0.15) is 0 Å². The summed E-state index contributed by atoms with van der Waals surface area (Å²) < 4.78 is 10.1. The van der Waals surface area contributed by atoms with Crippen LogP contribution in [0.2, 0.25) is 0 Å². The fourth-order valence-corrected chi connectivity index (χ4v) is 2.13. The van der Waals surface area contributed by atoms with Crippen LogP contribution in [0.25, 0.3) is 0 Å². The molecular formula is C14H17N3O4S. The molecule has 2 rings (SSSR count). The zero-order valence-electron chi connectivity index (χ0n) is 12.3. The second kappa shape index (κ2) is 7.08. The Bertz CT molecular complexity index is 588. The Kier molecular flexibility index (Phi) is 5.16. The van der Waals surface area contributed by atoms with E-state index in [9.17, 15) is 4.79 Å². The van der Waals surface area contributed by atoms with E-state index in [1.165, 1.54) is 12.0 Å². The molecule has 0 saturated carbocycles. The van der Waals surface area contributed by atoms with Gasteiger partial charge in [0.05, 0.1) is 25.9 Å². The van der Waals surface area contributed by atoms with Gasteiger partial charge < -0.3 is 20.0 Å². The number of hydrogen-bond donors (Lipinski definition) is 2. The molecule has 1 aromatic carbocycles. The third-order valence-electron chi connectivity index (χ3n) is 3.28. The summed E-state index contributed by atoms with van der Waals surface area (Å²) in [7, 11) is 1.47. The highest BCUT2D eigenvalue weighted by atomic mass is 32.1. The first-order chi connectivity index (χ1) is 10.5. The predicted molar refractivity (Wildman–Crippen MR) is 85.7 cm³/mol. The number of amides is 1. The van der Waals surface area contributed by atoms with E-state index >= 15 is 0 Å². The number of rotatable bonds is 4. The number of carbonyl (C=O) groups excluding carboxylic acids is 1. The monoisotopic (exact) mass is 323 g/mol. The van der Waals surface area contributed by atoms with Gasteiger partial charge in [-0.25, -0.2) is 4.79 Å². The topological polar surface area (TPSA) is 83.4 Å². The number of nitrogens with zero attached hydrogens (tertiary/aromatic N) is 2. The number of cyclic esters (lactones) is 1. The van der Waals surface area contributed by atoms with Crippen molar-refractivity contribution in [1.82, 2.24) is 5.32 Å². The summed E-state index contributed by atoms with van der Waals surface area (Å²) in [4.78, 5) is 13.5. The van der Waals surface area contributed by atoms with Gasteiger partial charge in [-0.05, 0) is 36.8 Å². The molecule has 1 fully saturated rings. The Morgan fingerprint density at radius 1 is 1.55 bits per heavy atom. The number of carbonyl (C=O) groups is 1. The standard InChI is InChI=1S/C14H17N3O4S/c1-9(16-19)10-3-5-11(6-4-10)17-8-12(21-14(17)18)7-15-13(22)20-2/h3-6,12,19H,7-8H2,1-2H3,(H,15,22)/b16-9+/t12-/m0/s1. The quantitative estimate of drug-likeness (QED) is 0.380. The molecule has 22 heavy (non-hydrogen) atoms. The van der Waals surface area contributed by atoms with Gasteiger partial charge >= 0.3 is 6.09 Å². The molecule has 7 nitrogen and oxygen atoms in total. The van der Waals surface area contributed by atoms with Crippen molar-refractivity contribution in [3.8, 4) is 0 Å². The maximum Gasteiger partial charge on any atom is 0.414 e. The van der Waals surface area contributed by atoms with Gasteiger partial charge in [0.25, 0.3) is 5.17 Å². The molecule has 1 aliphatic rings. The highest BCUT2D eigenvalue weighted by Gasteiger charge is 2.32. The summed E-state index contributed by atoms with van der Waals surface area (Å²) in [6.45, 7) is 2.51. The minimum Gasteiger partial charge on any atom is -0.474 e. The van der Waals surface area contributed by atoms with Crippen LogP contribution in [0.4, 0.5) is 10.5 Å². The molecule has 1 aliphatic heterocycles. The van der Waals surface area contributed by atoms with Gasteiger partial charge in [0, 0.05) is 5.69 Å². The number of benzene rings is 1. The van der Waals surface area contributed by atoms with E-state index in [2.05, 4.69) is 10.5 Å². The predicted octanol–water partition coefficient (Wildman–Crippen LogP) is 1.73. The van der Waals surface area contributed by atoms with Crippen LogP contribution in [0.3, 0.4) is 0 Å². The van der Waals surface area contributed by atoms with Gasteiger partial charge in [0.15, 0.2) is 0 Å². The van der Waals surface area contributed by atoms with E-state index < -0.39 is 6.09 Å². The summed E-state index contributed by atoms with van der Waals surface area (Å²) in [5, 5.41) is 15.0. The van der Waals surface area contributed by atoms with Gasteiger partial charge in [-0.15, -0.1) is 0 Å². The second-order valence-corrected chi connectivity index (χ2v) is 5.09. The highest BCUT2D eigenvalue weighted by molar-refractivity contribution is 7.80. The Labute approximate surface area is 133 Å². The van der Waals surface area contributed by atoms with Crippen LogP contribution in [0.5, 0.6) is 0 Å². The van der Waals surface area contributed by atoms with Crippen LogP contribution in [0.1, 0.15) is 12.5 Å². The van der Waals surface area contributed by atoms with Crippen LogP contribution < -0.4 is 10.2 Å². The lowest BCUT2D eigenvalue weighted by Crippen LogP contribution is -2.34. The summed E-state index contributed by atoms with van der Waals surface area (Å²) in [5.41, 5.74) is 2.00. The van der Waals surface area contributed by atoms with Crippen LogP contribution in [-0.2, 0) is 9.47 Å². The summed E-state index contributed by atoms with van der Waals surface area (Å²) in [6, 6.07) is 7.12. The number of thiocarbonyl (C=S) groups is 1. The Balaban J connectivity index is 2.00. The van der Waals surface area contributed by atoms with Crippen molar-refractivity contribution in [2.45, 2.75) is 13.0 Å². The average molecular weight is 323 g/mol. The maximum atomic E-state index is 11.9. The first kappa shape index (κ1) is 16.0. The maximum absolute atomic E-state index is 11.9. The lowest BCUT2D eigenvalue weighted by atomic mass is 10.1. The molecule has 0 bridgehead atoms. The Morgan fingerprint density at radius 2 is 2.23 bits per heavy atom. The van der Waals surface area contributed by atoms with E-state index in [0.29, 0.717) is 18.8 Å². The molecule has 1 atom stereocenters. The molecule has 1 saturated heterocycles. The molecule has 1 heterocycles. The van der Waals surface area contributed by atoms with Gasteiger partial charge in [0.2, 0.25) is 0 Å². The SMILES string of the molecule is COC(=S)NC[C@H]1CN(c2ccc(/C(C)=N/O)cc2)C(=O)O1. The van der Waals surface area contributed by atoms with E-state index in [1.54, 1.807) is 31.2 Å². The number of methoxy groups -OCH3 is 1. The van der Waals surface area contributed by atoms with Gasteiger partial charge in [0.1, 0.15) is 6.10 Å². The highest BCUT2D eigenvalue weighted by Crippen LogP contribution is 2.22. The smallest absolute Gasteiger partial charge is 0.414 e. The zero-order chi connectivity index (χ0) is 16.1. The number of ether oxygens (including phenoxy) is 2. The Morgan fingerprint density at radius 3 is 2.82 bits per heavy atom. The van der Waals surface area contributed by atoms with Crippen molar-refractivity contribution < 1.29 is 19.5 Å². The zero-order valence-corrected chi connectivity index (χ0v) is 13.1. The lowest BCUT2D eigenvalue weighted by molar-refractivity contribution is 0.142. The minimum atomic E-state index is -0.407. The first-order valence-electron chi connectivity index (χ1n) is 6.64. The molecule has 1 aromatic rings. The minimum absolute atomic E-state index is 0.262. The summed E-state index contributed by atoms with van der Waals surface area (Å²) in [6.07, 6.45) is -0.712. The molecular weight excluding hydrogens is 306 g/mol. The number of anilines is 1. The molecule has 8 heteroatoms. The molecule has 0 aromatic heterocycles. The van der Waals surface area contributed by atoms with Crippen molar-refractivity contribution in [1.29, 1.82) is 0 Å². The van der Waals surface area contributed by atoms with Crippen LogP contribution in [0, 0.1) is 0 Å². The van der Waals surface area contributed by atoms with Gasteiger partial charge in [-0.1, -0.05) is 17.3 Å². The summed E-state index contributed by atoms with van der Waals surface area (Å²) >= 11 is 4.87. The van der Waals surface area contributed by atoms with E-state index in [1.807, 2.05) is 0 Å².